The molecule has 0 aromatic heterocycles. The molecule has 4 heteroatoms. The molecule has 3 nitrogen and oxygen atoms in total. The van der Waals surface area contributed by atoms with Gasteiger partial charge in [-0.05, 0) is 30.0 Å². The lowest BCUT2D eigenvalue weighted by molar-refractivity contribution is 0.154. The Labute approximate surface area is 105 Å². The van der Waals surface area contributed by atoms with Gasteiger partial charge in [0.1, 0.15) is 13.2 Å². The van der Waals surface area contributed by atoms with Gasteiger partial charge >= 0.3 is 0 Å². The summed E-state index contributed by atoms with van der Waals surface area (Å²) in [4.78, 5) is 0. The summed E-state index contributed by atoms with van der Waals surface area (Å²) in [6.07, 6.45) is 2.83. The second-order valence-electron chi connectivity index (χ2n) is 4.72. The van der Waals surface area contributed by atoms with Crippen molar-refractivity contribution in [2.24, 2.45) is 5.92 Å². The number of ether oxygens (including phenoxy) is 2. The molecule has 92 valence electrons. The van der Waals surface area contributed by atoms with Gasteiger partial charge in [-0.3, -0.25) is 0 Å². The molecule has 2 aliphatic rings. The lowest BCUT2D eigenvalue weighted by Crippen LogP contribution is -2.16. The largest absolute Gasteiger partial charge is 0.486 e. The van der Waals surface area contributed by atoms with Crippen LogP contribution in [0.15, 0.2) is 12.1 Å². The zero-order valence-corrected chi connectivity index (χ0v) is 10.2. The summed E-state index contributed by atoms with van der Waals surface area (Å²) < 4.78 is 10.9. The third-order valence-electron chi connectivity index (χ3n) is 3.26. The highest BCUT2D eigenvalue weighted by Crippen LogP contribution is 2.42. The second-order valence-corrected chi connectivity index (χ2v) is 5.13. The summed E-state index contributed by atoms with van der Waals surface area (Å²) in [6, 6.07) is 3.62. The van der Waals surface area contributed by atoms with Crippen molar-refractivity contribution in [1.29, 1.82) is 0 Å². The van der Waals surface area contributed by atoms with Crippen LogP contribution in [0.3, 0.4) is 0 Å². The van der Waals surface area contributed by atoms with Gasteiger partial charge in [0.15, 0.2) is 11.5 Å². The first-order valence-corrected chi connectivity index (χ1v) is 6.39. The van der Waals surface area contributed by atoms with E-state index in [0.29, 0.717) is 35.7 Å². The number of benzene rings is 1. The fraction of sp³-hybridized carbons (Fsp3) is 0.538. The van der Waals surface area contributed by atoms with Crippen molar-refractivity contribution in [3.05, 3.63) is 22.7 Å². The molecule has 1 aromatic carbocycles. The third-order valence-corrected chi connectivity index (χ3v) is 3.54. The Morgan fingerprint density at radius 3 is 2.82 bits per heavy atom. The monoisotopic (exact) mass is 254 g/mol. The minimum Gasteiger partial charge on any atom is -0.486 e. The molecule has 1 saturated carbocycles. The maximum Gasteiger partial charge on any atom is 0.179 e. The van der Waals surface area contributed by atoms with Gasteiger partial charge in [-0.15, -0.1) is 0 Å². The lowest BCUT2D eigenvalue weighted by Gasteiger charge is -2.21. The van der Waals surface area contributed by atoms with Gasteiger partial charge in [0.25, 0.3) is 0 Å². The maximum absolute atomic E-state index is 10.1. The van der Waals surface area contributed by atoms with Crippen molar-refractivity contribution in [3.63, 3.8) is 0 Å². The standard InChI is InChI=1S/C13H15ClO3/c14-10-6-9(11(15)5-8-1-2-8)7-12-13(10)17-4-3-16-12/h6-8,11,15H,1-5H2. The Morgan fingerprint density at radius 2 is 2.06 bits per heavy atom. The van der Waals surface area contributed by atoms with Crippen molar-refractivity contribution in [1.82, 2.24) is 0 Å². The number of halogens is 1. The molecule has 1 heterocycles. The second kappa shape index (κ2) is 4.39. The number of aliphatic hydroxyl groups is 1. The van der Waals surface area contributed by atoms with Gasteiger partial charge in [0, 0.05) is 0 Å². The molecule has 1 aliphatic carbocycles. The highest BCUT2D eigenvalue weighted by molar-refractivity contribution is 6.32. The molecule has 1 atom stereocenters. The van der Waals surface area contributed by atoms with Crippen LogP contribution in [0.2, 0.25) is 5.02 Å². The fourth-order valence-electron chi connectivity index (χ4n) is 2.13. The van der Waals surface area contributed by atoms with Crippen molar-refractivity contribution in [2.75, 3.05) is 13.2 Å². The smallest absolute Gasteiger partial charge is 0.179 e. The quantitative estimate of drug-likeness (QED) is 0.901. The zero-order chi connectivity index (χ0) is 11.8. The van der Waals surface area contributed by atoms with Crippen LogP contribution in [0, 0.1) is 5.92 Å². The molecule has 3 rings (SSSR count). The summed E-state index contributed by atoms with van der Waals surface area (Å²) in [6.45, 7) is 1.06. The molecule has 17 heavy (non-hydrogen) atoms. The molecule has 0 bridgehead atoms. The van der Waals surface area contributed by atoms with Gasteiger partial charge in [0.05, 0.1) is 11.1 Å². The molecule has 0 spiro atoms. The average Bonchev–Trinajstić information content (AvgIpc) is 3.13. The summed E-state index contributed by atoms with van der Waals surface area (Å²) in [5.41, 5.74) is 0.825. The van der Waals surface area contributed by atoms with E-state index in [9.17, 15) is 5.11 Å². The molecule has 1 aromatic rings. The molecule has 0 saturated heterocycles. The van der Waals surface area contributed by atoms with Gasteiger partial charge in [-0.1, -0.05) is 24.4 Å². The van der Waals surface area contributed by atoms with Gasteiger partial charge in [0.2, 0.25) is 0 Å². The van der Waals surface area contributed by atoms with Crippen LogP contribution in [-0.4, -0.2) is 18.3 Å². The average molecular weight is 255 g/mol. The summed E-state index contributed by atoms with van der Waals surface area (Å²) in [5.74, 6) is 1.92. The van der Waals surface area contributed by atoms with Crippen LogP contribution in [-0.2, 0) is 0 Å². The van der Waals surface area contributed by atoms with E-state index in [4.69, 9.17) is 21.1 Å². The zero-order valence-electron chi connectivity index (χ0n) is 9.49. The minimum atomic E-state index is -0.448. The number of rotatable bonds is 3. The number of hydrogen-bond acceptors (Lipinski definition) is 3. The van der Waals surface area contributed by atoms with Gasteiger partial charge in [-0.2, -0.15) is 0 Å². The van der Waals surface area contributed by atoms with E-state index in [0.717, 1.165) is 12.0 Å². The van der Waals surface area contributed by atoms with Crippen LogP contribution < -0.4 is 9.47 Å². The molecule has 1 N–H and O–H groups in total. The molecule has 0 amide bonds. The van der Waals surface area contributed by atoms with Crippen molar-refractivity contribution in [3.8, 4) is 11.5 Å². The normalized spacial score (nSPS) is 20.1. The van der Waals surface area contributed by atoms with Crippen LogP contribution in [0.5, 0.6) is 11.5 Å². The van der Waals surface area contributed by atoms with E-state index < -0.39 is 6.10 Å². The predicted octanol–water partition coefficient (Wildman–Crippen LogP) is 2.94. The molecular formula is C13H15ClO3. The Kier molecular flexibility index (Phi) is 2.89. The van der Waals surface area contributed by atoms with Crippen LogP contribution in [0.1, 0.15) is 30.9 Å². The van der Waals surface area contributed by atoms with Gasteiger partial charge < -0.3 is 14.6 Å². The number of aliphatic hydroxyl groups excluding tert-OH is 1. The van der Waals surface area contributed by atoms with E-state index in [1.54, 1.807) is 6.07 Å². The van der Waals surface area contributed by atoms with E-state index in [1.807, 2.05) is 6.07 Å². The Morgan fingerprint density at radius 1 is 1.29 bits per heavy atom. The molecular weight excluding hydrogens is 240 g/mol. The minimum absolute atomic E-state index is 0.448. The van der Waals surface area contributed by atoms with Crippen LogP contribution in [0.25, 0.3) is 0 Å². The van der Waals surface area contributed by atoms with Crippen molar-refractivity contribution >= 4 is 11.6 Å². The molecule has 1 fully saturated rings. The summed E-state index contributed by atoms with van der Waals surface area (Å²) >= 11 is 6.13. The van der Waals surface area contributed by atoms with E-state index >= 15 is 0 Å². The number of hydrogen-bond donors (Lipinski definition) is 1. The van der Waals surface area contributed by atoms with Crippen LogP contribution in [0.4, 0.5) is 0 Å². The SMILES string of the molecule is OC(CC1CC1)c1cc(Cl)c2c(c1)OCCO2. The topological polar surface area (TPSA) is 38.7 Å². The highest BCUT2D eigenvalue weighted by atomic mass is 35.5. The molecule has 1 unspecified atom stereocenters. The molecule has 0 radical (unpaired) electrons. The Bertz CT molecular complexity index is 429. The van der Waals surface area contributed by atoms with E-state index in [-0.39, 0.29) is 0 Å². The van der Waals surface area contributed by atoms with E-state index in [1.165, 1.54) is 12.8 Å². The summed E-state index contributed by atoms with van der Waals surface area (Å²) in [7, 11) is 0. The first-order valence-electron chi connectivity index (χ1n) is 6.01. The number of fused-ring (bicyclic) bond motifs is 1. The predicted molar refractivity (Wildman–Crippen MR) is 64.7 cm³/mol. The fourth-order valence-corrected chi connectivity index (χ4v) is 2.40. The first-order chi connectivity index (χ1) is 8.24. The Balaban J connectivity index is 1.86. The van der Waals surface area contributed by atoms with Crippen molar-refractivity contribution in [2.45, 2.75) is 25.4 Å². The van der Waals surface area contributed by atoms with Crippen molar-refractivity contribution < 1.29 is 14.6 Å². The molecule has 1 aliphatic heterocycles. The van der Waals surface area contributed by atoms with E-state index in [2.05, 4.69) is 0 Å². The van der Waals surface area contributed by atoms with Gasteiger partial charge in [-0.25, -0.2) is 0 Å². The first kappa shape index (κ1) is 11.2. The Hall–Kier alpha value is -0.930. The summed E-state index contributed by atoms with van der Waals surface area (Å²) in [5, 5.41) is 10.6. The van der Waals surface area contributed by atoms with Crippen LogP contribution >= 0.6 is 11.6 Å². The highest BCUT2D eigenvalue weighted by Gasteiger charge is 2.26. The maximum atomic E-state index is 10.1. The third kappa shape index (κ3) is 2.35. The lowest BCUT2D eigenvalue weighted by atomic mass is 10.0.